The molecular formula is C8H14O3S. The van der Waals surface area contributed by atoms with Crippen molar-refractivity contribution in [2.75, 3.05) is 11.5 Å². The smallest absolute Gasteiger partial charge is 0.151 e. The molecule has 1 atom stereocenters. The van der Waals surface area contributed by atoms with E-state index in [0.717, 1.165) is 12.8 Å². The topological polar surface area (TPSA) is 54.4 Å². The highest BCUT2D eigenvalue weighted by Crippen LogP contribution is 2.36. The van der Waals surface area contributed by atoms with Crippen LogP contribution in [0.1, 0.15) is 19.3 Å². The van der Waals surface area contributed by atoms with Gasteiger partial charge in [0, 0.05) is 5.92 Å². The van der Waals surface area contributed by atoms with E-state index in [1.165, 1.54) is 6.42 Å². The molecular weight excluding hydrogens is 176 g/mol. The largest absolute Gasteiger partial charge is 0.392 e. The van der Waals surface area contributed by atoms with Crippen molar-refractivity contribution in [3.8, 4) is 0 Å². The maximum atomic E-state index is 10.8. The van der Waals surface area contributed by atoms with Crippen molar-refractivity contribution in [2.45, 2.75) is 25.4 Å². The Morgan fingerprint density at radius 2 is 1.75 bits per heavy atom. The van der Waals surface area contributed by atoms with E-state index < -0.39 is 9.84 Å². The van der Waals surface area contributed by atoms with Crippen LogP contribution < -0.4 is 0 Å². The second-order valence-corrected chi connectivity index (χ2v) is 6.17. The van der Waals surface area contributed by atoms with Gasteiger partial charge in [-0.1, -0.05) is 6.42 Å². The van der Waals surface area contributed by atoms with Crippen molar-refractivity contribution < 1.29 is 13.5 Å². The summed E-state index contributed by atoms with van der Waals surface area (Å²) in [7, 11) is -2.75. The molecule has 12 heavy (non-hydrogen) atoms. The minimum Gasteiger partial charge on any atom is -0.392 e. The number of aliphatic hydroxyl groups is 1. The number of hydrogen-bond acceptors (Lipinski definition) is 3. The molecule has 1 aliphatic carbocycles. The van der Waals surface area contributed by atoms with Gasteiger partial charge in [-0.2, -0.15) is 0 Å². The molecule has 70 valence electrons. The third-order valence-electron chi connectivity index (χ3n) is 3.05. The van der Waals surface area contributed by atoms with Crippen molar-refractivity contribution in [1.29, 1.82) is 0 Å². The number of aliphatic hydroxyl groups excluding tert-OH is 1. The quantitative estimate of drug-likeness (QED) is 0.676. The van der Waals surface area contributed by atoms with E-state index in [1.807, 2.05) is 0 Å². The van der Waals surface area contributed by atoms with Gasteiger partial charge in [-0.25, -0.2) is 8.42 Å². The zero-order valence-corrected chi connectivity index (χ0v) is 7.76. The SMILES string of the molecule is O=S1(=O)CC(C(O)C2CCC2)C1. The van der Waals surface area contributed by atoms with Gasteiger partial charge in [-0.15, -0.1) is 0 Å². The van der Waals surface area contributed by atoms with Gasteiger partial charge in [0.05, 0.1) is 17.6 Å². The molecule has 2 rings (SSSR count). The Labute approximate surface area is 72.7 Å². The van der Waals surface area contributed by atoms with E-state index in [4.69, 9.17) is 0 Å². The van der Waals surface area contributed by atoms with Crippen LogP contribution in [0.3, 0.4) is 0 Å². The van der Waals surface area contributed by atoms with Crippen molar-refractivity contribution in [2.24, 2.45) is 11.8 Å². The molecule has 2 fully saturated rings. The van der Waals surface area contributed by atoms with Crippen molar-refractivity contribution in [1.82, 2.24) is 0 Å². The lowest BCUT2D eigenvalue weighted by molar-refractivity contribution is 0.0243. The first-order chi connectivity index (χ1) is 5.58. The lowest BCUT2D eigenvalue weighted by Gasteiger charge is -2.38. The number of rotatable bonds is 2. The third-order valence-corrected chi connectivity index (χ3v) is 4.92. The maximum absolute atomic E-state index is 10.8. The normalized spacial score (nSPS) is 32.1. The van der Waals surface area contributed by atoms with Gasteiger partial charge < -0.3 is 5.11 Å². The second kappa shape index (κ2) is 2.70. The summed E-state index contributed by atoms with van der Waals surface area (Å²) in [6, 6.07) is 0. The van der Waals surface area contributed by atoms with E-state index in [0.29, 0.717) is 5.92 Å². The molecule has 1 aliphatic heterocycles. The summed E-state index contributed by atoms with van der Waals surface area (Å²) in [6.45, 7) is 0. The van der Waals surface area contributed by atoms with E-state index in [-0.39, 0.29) is 23.5 Å². The van der Waals surface area contributed by atoms with Gasteiger partial charge in [-0.3, -0.25) is 0 Å². The Balaban J connectivity index is 1.87. The molecule has 0 spiro atoms. The Bertz CT molecular complexity index is 254. The van der Waals surface area contributed by atoms with Crippen LogP contribution in [-0.2, 0) is 9.84 Å². The molecule has 1 unspecified atom stereocenters. The average Bonchev–Trinajstić information content (AvgIpc) is 1.77. The first-order valence-electron chi connectivity index (χ1n) is 4.47. The zero-order chi connectivity index (χ0) is 8.77. The molecule has 4 heteroatoms. The molecule has 0 aromatic rings. The van der Waals surface area contributed by atoms with Crippen LogP contribution in [0.25, 0.3) is 0 Å². The van der Waals surface area contributed by atoms with Crippen LogP contribution in [0, 0.1) is 11.8 Å². The van der Waals surface area contributed by atoms with E-state index >= 15 is 0 Å². The van der Waals surface area contributed by atoms with E-state index in [1.54, 1.807) is 0 Å². The van der Waals surface area contributed by atoms with Gasteiger partial charge in [0.25, 0.3) is 0 Å². The summed E-state index contributed by atoms with van der Waals surface area (Å²) in [4.78, 5) is 0. The third kappa shape index (κ3) is 1.38. The molecule has 0 radical (unpaired) electrons. The van der Waals surface area contributed by atoms with Gasteiger partial charge in [0.2, 0.25) is 0 Å². The highest BCUT2D eigenvalue weighted by Gasteiger charge is 2.42. The maximum Gasteiger partial charge on any atom is 0.151 e. The Kier molecular flexibility index (Phi) is 1.92. The standard InChI is InChI=1S/C8H14O3S/c9-8(6-2-1-3-6)7-4-12(10,11)5-7/h6-9H,1-5H2. The minimum absolute atomic E-state index is 0.0419. The van der Waals surface area contributed by atoms with Crippen LogP contribution >= 0.6 is 0 Å². The molecule has 2 aliphatic rings. The first kappa shape index (κ1) is 8.51. The second-order valence-electron chi connectivity index (χ2n) is 4.02. The molecule has 0 amide bonds. The summed E-state index contributed by atoms with van der Waals surface area (Å²) in [6.07, 6.45) is 3.01. The van der Waals surface area contributed by atoms with E-state index in [2.05, 4.69) is 0 Å². The molecule has 1 saturated heterocycles. The number of sulfone groups is 1. The summed E-state index contributed by atoms with van der Waals surface area (Å²) in [5, 5.41) is 9.66. The van der Waals surface area contributed by atoms with Crippen molar-refractivity contribution >= 4 is 9.84 Å². The van der Waals surface area contributed by atoms with Gasteiger partial charge in [-0.05, 0) is 18.8 Å². The van der Waals surface area contributed by atoms with E-state index in [9.17, 15) is 13.5 Å². The van der Waals surface area contributed by atoms with Gasteiger partial charge in [0.15, 0.2) is 9.84 Å². The van der Waals surface area contributed by atoms with Crippen LogP contribution in [-0.4, -0.2) is 31.1 Å². The lowest BCUT2D eigenvalue weighted by atomic mass is 9.77. The van der Waals surface area contributed by atoms with Crippen molar-refractivity contribution in [3.63, 3.8) is 0 Å². The van der Waals surface area contributed by atoms with Crippen LogP contribution in [0.15, 0.2) is 0 Å². The molecule has 3 nitrogen and oxygen atoms in total. The van der Waals surface area contributed by atoms with Gasteiger partial charge >= 0.3 is 0 Å². The van der Waals surface area contributed by atoms with Gasteiger partial charge in [0.1, 0.15) is 0 Å². The fourth-order valence-electron chi connectivity index (χ4n) is 1.97. The monoisotopic (exact) mass is 190 g/mol. The van der Waals surface area contributed by atoms with Crippen LogP contribution in [0.5, 0.6) is 0 Å². The average molecular weight is 190 g/mol. The Hall–Kier alpha value is -0.0900. The highest BCUT2D eigenvalue weighted by atomic mass is 32.2. The molecule has 1 heterocycles. The Morgan fingerprint density at radius 1 is 1.17 bits per heavy atom. The molecule has 0 bridgehead atoms. The predicted molar refractivity (Wildman–Crippen MR) is 45.5 cm³/mol. The predicted octanol–water partition coefficient (Wildman–Crippen LogP) is 0.192. The fourth-order valence-corrected chi connectivity index (χ4v) is 3.57. The Morgan fingerprint density at radius 3 is 2.08 bits per heavy atom. The first-order valence-corrected chi connectivity index (χ1v) is 6.29. The fraction of sp³-hybridized carbons (Fsp3) is 1.00. The summed E-state index contributed by atoms with van der Waals surface area (Å²) in [5.41, 5.74) is 0. The van der Waals surface area contributed by atoms with Crippen molar-refractivity contribution in [3.05, 3.63) is 0 Å². The van der Waals surface area contributed by atoms with Crippen LogP contribution in [0.2, 0.25) is 0 Å². The summed E-state index contributed by atoms with van der Waals surface area (Å²) < 4.78 is 21.6. The molecule has 1 saturated carbocycles. The lowest BCUT2D eigenvalue weighted by Crippen LogP contribution is -2.47. The summed E-state index contributed by atoms with van der Waals surface area (Å²) >= 11 is 0. The highest BCUT2D eigenvalue weighted by molar-refractivity contribution is 7.92. The zero-order valence-electron chi connectivity index (χ0n) is 6.94. The molecule has 0 aromatic carbocycles. The number of hydrogen-bond donors (Lipinski definition) is 1. The minimum atomic E-state index is -2.75. The summed E-state index contributed by atoms with van der Waals surface area (Å²) in [5.74, 6) is 0.862. The molecule has 0 aromatic heterocycles. The van der Waals surface area contributed by atoms with Crippen LogP contribution in [0.4, 0.5) is 0 Å². The molecule has 1 N–H and O–H groups in total.